The first-order valence-corrected chi connectivity index (χ1v) is 9.69. The summed E-state index contributed by atoms with van der Waals surface area (Å²) in [5.41, 5.74) is 2.27. The number of likely N-dealkylation sites (N-methyl/N-ethyl adjacent to an activating group) is 1. The SMILES string of the molecule is CN=C(NCCc1ccccc1F)NCc1cccc(C(=O)NCCN(C)C)c1.I. The third-order valence-electron chi connectivity index (χ3n) is 4.36. The van der Waals surface area contributed by atoms with Crippen LogP contribution in [-0.4, -0.2) is 57.5 Å². The molecule has 164 valence electrons. The van der Waals surface area contributed by atoms with E-state index >= 15 is 0 Å². The van der Waals surface area contributed by atoms with E-state index in [-0.39, 0.29) is 35.7 Å². The van der Waals surface area contributed by atoms with E-state index in [1.165, 1.54) is 6.07 Å². The molecule has 0 aromatic heterocycles. The highest BCUT2D eigenvalue weighted by atomic mass is 127. The number of nitrogens with zero attached hydrogens (tertiary/aromatic N) is 2. The first-order valence-electron chi connectivity index (χ1n) is 9.69. The highest BCUT2D eigenvalue weighted by molar-refractivity contribution is 14.0. The molecule has 0 aliphatic carbocycles. The molecule has 2 aromatic carbocycles. The van der Waals surface area contributed by atoms with Gasteiger partial charge in [-0.3, -0.25) is 9.79 Å². The molecule has 2 aromatic rings. The van der Waals surface area contributed by atoms with Crippen LogP contribution in [0.4, 0.5) is 4.39 Å². The first kappa shape index (κ1) is 25.8. The number of guanidine groups is 1. The quantitative estimate of drug-likeness (QED) is 0.267. The normalized spacial score (nSPS) is 11.0. The number of nitrogens with one attached hydrogen (secondary N) is 3. The summed E-state index contributed by atoms with van der Waals surface area (Å²) in [5, 5.41) is 9.31. The molecule has 2 rings (SSSR count). The topological polar surface area (TPSA) is 68.8 Å². The number of amides is 1. The van der Waals surface area contributed by atoms with E-state index < -0.39 is 0 Å². The molecular formula is C22H31FIN5O. The van der Waals surface area contributed by atoms with Crippen LogP contribution in [0.2, 0.25) is 0 Å². The van der Waals surface area contributed by atoms with Gasteiger partial charge in [-0.05, 0) is 49.8 Å². The Hall–Kier alpha value is -2.20. The largest absolute Gasteiger partial charge is 0.356 e. The maximum atomic E-state index is 13.7. The van der Waals surface area contributed by atoms with Crippen molar-refractivity contribution in [3.05, 3.63) is 71.0 Å². The molecule has 0 heterocycles. The lowest BCUT2D eigenvalue weighted by atomic mass is 10.1. The predicted octanol–water partition coefficient (Wildman–Crippen LogP) is 2.64. The Morgan fingerprint density at radius 2 is 1.80 bits per heavy atom. The molecule has 0 radical (unpaired) electrons. The number of hydrogen-bond acceptors (Lipinski definition) is 3. The van der Waals surface area contributed by atoms with E-state index in [0.29, 0.717) is 43.1 Å². The Morgan fingerprint density at radius 1 is 1.03 bits per heavy atom. The summed E-state index contributed by atoms with van der Waals surface area (Å²) < 4.78 is 13.7. The van der Waals surface area contributed by atoms with Crippen molar-refractivity contribution in [2.45, 2.75) is 13.0 Å². The van der Waals surface area contributed by atoms with E-state index in [4.69, 9.17) is 0 Å². The van der Waals surface area contributed by atoms with Crippen molar-refractivity contribution < 1.29 is 9.18 Å². The monoisotopic (exact) mass is 527 g/mol. The maximum absolute atomic E-state index is 13.7. The zero-order valence-corrected chi connectivity index (χ0v) is 20.1. The van der Waals surface area contributed by atoms with Gasteiger partial charge in [0.15, 0.2) is 5.96 Å². The number of benzene rings is 2. The minimum absolute atomic E-state index is 0. The van der Waals surface area contributed by atoms with Gasteiger partial charge >= 0.3 is 0 Å². The number of aliphatic imine (C=N–C) groups is 1. The highest BCUT2D eigenvalue weighted by Gasteiger charge is 2.07. The minimum atomic E-state index is -0.196. The summed E-state index contributed by atoms with van der Waals surface area (Å²) in [6, 6.07) is 14.2. The molecule has 0 saturated heterocycles. The van der Waals surface area contributed by atoms with Crippen LogP contribution >= 0.6 is 24.0 Å². The second kappa shape index (κ2) is 13.9. The van der Waals surface area contributed by atoms with Crippen LogP contribution in [0, 0.1) is 5.82 Å². The molecular weight excluding hydrogens is 496 g/mol. The van der Waals surface area contributed by atoms with Crippen molar-refractivity contribution in [2.75, 3.05) is 40.8 Å². The second-order valence-corrected chi connectivity index (χ2v) is 6.95. The number of carbonyl (C=O) groups excluding carboxylic acids is 1. The standard InChI is InChI=1S/C22H30FN5O.HI/c1-24-22(26-12-11-18-8-4-5-10-20(18)23)27-16-17-7-6-9-19(15-17)21(29)25-13-14-28(2)3;/h4-10,15H,11-14,16H2,1-3H3,(H,25,29)(H2,24,26,27);1H. The minimum Gasteiger partial charge on any atom is -0.356 e. The van der Waals surface area contributed by atoms with Gasteiger partial charge in [0.05, 0.1) is 0 Å². The van der Waals surface area contributed by atoms with Crippen LogP contribution in [0.3, 0.4) is 0 Å². The van der Waals surface area contributed by atoms with E-state index in [1.807, 2.05) is 43.3 Å². The van der Waals surface area contributed by atoms with Gasteiger partial charge in [-0.25, -0.2) is 4.39 Å². The van der Waals surface area contributed by atoms with Gasteiger partial charge in [0, 0.05) is 38.8 Å². The molecule has 0 aliphatic rings. The van der Waals surface area contributed by atoms with Gasteiger partial charge in [-0.1, -0.05) is 30.3 Å². The van der Waals surface area contributed by atoms with Gasteiger partial charge in [-0.2, -0.15) is 0 Å². The molecule has 0 spiro atoms. The maximum Gasteiger partial charge on any atom is 0.251 e. The summed E-state index contributed by atoms with van der Waals surface area (Å²) in [6.07, 6.45) is 0.565. The molecule has 6 nitrogen and oxygen atoms in total. The van der Waals surface area contributed by atoms with Gasteiger partial charge in [0.25, 0.3) is 5.91 Å². The van der Waals surface area contributed by atoms with Crippen LogP contribution in [-0.2, 0) is 13.0 Å². The van der Waals surface area contributed by atoms with Gasteiger partial charge < -0.3 is 20.9 Å². The summed E-state index contributed by atoms with van der Waals surface area (Å²) in [6.45, 7) is 2.49. The van der Waals surface area contributed by atoms with Crippen LogP contribution in [0.15, 0.2) is 53.5 Å². The van der Waals surface area contributed by atoms with Crippen molar-refractivity contribution >= 4 is 35.8 Å². The molecule has 1 amide bonds. The molecule has 0 unspecified atom stereocenters. The lowest BCUT2D eigenvalue weighted by molar-refractivity contribution is 0.0951. The fraction of sp³-hybridized carbons (Fsp3) is 0.364. The third kappa shape index (κ3) is 9.08. The van der Waals surface area contributed by atoms with E-state index in [0.717, 1.165) is 12.1 Å². The Bertz CT molecular complexity index is 829. The summed E-state index contributed by atoms with van der Waals surface area (Å²) in [7, 11) is 5.62. The predicted molar refractivity (Wildman–Crippen MR) is 131 cm³/mol. The zero-order valence-electron chi connectivity index (χ0n) is 17.7. The Morgan fingerprint density at radius 3 is 2.50 bits per heavy atom. The molecule has 0 atom stereocenters. The number of halogens is 2. The molecule has 8 heteroatoms. The third-order valence-corrected chi connectivity index (χ3v) is 4.36. The van der Waals surface area contributed by atoms with Crippen molar-refractivity contribution in [3.63, 3.8) is 0 Å². The number of hydrogen-bond donors (Lipinski definition) is 3. The summed E-state index contributed by atoms with van der Waals surface area (Å²) >= 11 is 0. The fourth-order valence-electron chi connectivity index (χ4n) is 2.74. The second-order valence-electron chi connectivity index (χ2n) is 6.95. The Kier molecular flexibility index (Phi) is 12.0. The average Bonchev–Trinajstić information content (AvgIpc) is 2.71. The average molecular weight is 527 g/mol. The molecule has 0 bridgehead atoms. The fourth-order valence-corrected chi connectivity index (χ4v) is 2.74. The number of carbonyl (C=O) groups is 1. The Labute approximate surface area is 195 Å². The molecule has 0 aliphatic heterocycles. The van der Waals surface area contributed by atoms with Crippen molar-refractivity contribution in [1.29, 1.82) is 0 Å². The first-order chi connectivity index (χ1) is 14.0. The molecule has 0 saturated carbocycles. The lowest BCUT2D eigenvalue weighted by Crippen LogP contribution is -2.38. The van der Waals surface area contributed by atoms with Gasteiger partial charge in [0.1, 0.15) is 5.82 Å². The van der Waals surface area contributed by atoms with Crippen molar-refractivity contribution in [2.24, 2.45) is 4.99 Å². The number of rotatable bonds is 9. The molecule has 0 fully saturated rings. The van der Waals surface area contributed by atoms with Crippen LogP contribution in [0.1, 0.15) is 21.5 Å². The summed E-state index contributed by atoms with van der Waals surface area (Å²) in [4.78, 5) is 18.5. The smallest absolute Gasteiger partial charge is 0.251 e. The lowest BCUT2D eigenvalue weighted by Gasteiger charge is -2.13. The van der Waals surface area contributed by atoms with Gasteiger partial charge in [0.2, 0.25) is 0 Å². The van der Waals surface area contributed by atoms with E-state index in [1.54, 1.807) is 25.2 Å². The Balaban J connectivity index is 0.00000450. The van der Waals surface area contributed by atoms with Crippen LogP contribution in [0.5, 0.6) is 0 Å². The van der Waals surface area contributed by atoms with Crippen molar-refractivity contribution in [1.82, 2.24) is 20.9 Å². The van der Waals surface area contributed by atoms with Crippen molar-refractivity contribution in [3.8, 4) is 0 Å². The highest BCUT2D eigenvalue weighted by Crippen LogP contribution is 2.07. The van der Waals surface area contributed by atoms with Gasteiger partial charge in [-0.15, -0.1) is 24.0 Å². The van der Waals surface area contributed by atoms with E-state index in [9.17, 15) is 9.18 Å². The van der Waals surface area contributed by atoms with Crippen LogP contribution < -0.4 is 16.0 Å². The molecule has 3 N–H and O–H groups in total. The molecule has 30 heavy (non-hydrogen) atoms. The summed E-state index contributed by atoms with van der Waals surface area (Å²) in [5.74, 6) is 0.348. The van der Waals surface area contributed by atoms with E-state index in [2.05, 4.69) is 20.9 Å². The van der Waals surface area contributed by atoms with Crippen LogP contribution in [0.25, 0.3) is 0 Å². The zero-order chi connectivity index (χ0) is 21.1.